The molecule has 0 aromatic heterocycles. The summed E-state index contributed by atoms with van der Waals surface area (Å²) in [5.41, 5.74) is 2.36. The molecule has 0 N–H and O–H groups in total. The largest absolute Gasteiger partial charge is 0.307 e. The van der Waals surface area contributed by atoms with Crippen LogP contribution in [0.2, 0.25) is 0 Å². The van der Waals surface area contributed by atoms with Crippen LogP contribution in [0.3, 0.4) is 0 Å². The van der Waals surface area contributed by atoms with Crippen LogP contribution in [0.1, 0.15) is 0 Å². The summed E-state index contributed by atoms with van der Waals surface area (Å²) < 4.78 is 1.85. The van der Waals surface area contributed by atoms with E-state index in [9.17, 15) is 4.79 Å². The Hall–Kier alpha value is -2.42. The van der Waals surface area contributed by atoms with Crippen LogP contribution in [-0.2, 0) is 0 Å². The highest BCUT2D eigenvalue weighted by Gasteiger charge is 2.06. The maximum absolute atomic E-state index is 11.7. The second kappa shape index (κ2) is 3.87. The first kappa shape index (κ1) is 9.78. The first-order chi connectivity index (χ1) is 8.34. The maximum Gasteiger partial charge on any atom is 0.189 e. The fraction of sp³-hybridized carbons (Fsp3) is 0. The van der Waals surface area contributed by atoms with Gasteiger partial charge in [0.15, 0.2) is 5.43 Å². The molecule has 1 aliphatic carbocycles. The molecular weight excluding hydrogens is 212 g/mol. The van der Waals surface area contributed by atoms with Crippen molar-refractivity contribution >= 4 is 0 Å². The van der Waals surface area contributed by atoms with Crippen molar-refractivity contribution in [2.45, 2.75) is 0 Å². The number of para-hydroxylation sites is 1. The van der Waals surface area contributed by atoms with Crippen molar-refractivity contribution in [3.05, 3.63) is 71.3 Å². The van der Waals surface area contributed by atoms with Crippen LogP contribution >= 0.6 is 0 Å². The third-order valence-corrected chi connectivity index (χ3v) is 2.69. The van der Waals surface area contributed by atoms with E-state index in [4.69, 9.17) is 0 Å². The zero-order valence-electron chi connectivity index (χ0n) is 9.08. The summed E-state index contributed by atoms with van der Waals surface area (Å²) >= 11 is 0. The zero-order valence-corrected chi connectivity index (χ0v) is 9.08. The molecule has 0 bridgehead atoms. The van der Waals surface area contributed by atoms with Gasteiger partial charge in [0.25, 0.3) is 0 Å². The van der Waals surface area contributed by atoms with Crippen molar-refractivity contribution in [1.82, 2.24) is 9.55 Å². The van der Waals surface area contributed by atoms with Crippen molar-refractivity contribution < 1.29 is 0 Å². The number of nitrogens with zero attached hydrogens (tertiary/aromatic N) is 2. The smallest absolute Gasteiger partial charge is 0.189 e. The van der Waals surface area contributed by atoms with Gasteiger partial charge in [-0.15, -0.1) is 0 Å². The Morgan fingerprint density at radius 3 is 2.59 bits per heavy atom. The highest BCUT2D eigenvalue weighted by atomic mass is 16.1. The molecule has 82 valence electrons. The number of aromatic nitrogens is 2. The number of hydrogen-bond donors (Lipinski definition) is 0. The van der Waals surface area contributed by atoms with Crippen LogP contribution in [0.5, 0.6) is 0 Å². The summed E-state index contributed by atoms with van der Waals surface area (Å²) in [6.07, 6.45) is 3.54. The average molecular weight is 222 g/mol. The van der Waals surface area contributed by atoms with Crippen molar-refractivity contribution in [3.8, 4) is 16.9 Å². The van der Waals surface area contributed by atoms with E-state index in [-0.39, 0.29) is 5.43 Å². The number of rotatable bonds is 1. The molecule has 0 spiro atoms. The summed E-state index contributed by atoms with van der Waals surface area (Å²) in [6.45, 7) is 0. The molecule has 3 heteroatoms. The molecule has 1 aromatic rings. The summed E-state index contributed by atoms with van der Waals surface area (Å²) in [4.78, 5) is 16.0. The monoisotopic (exact) mass is 222 g/mol. The highest BCUT2D eigenvalue weighted by Crippen LogP contribution is 2.15. The number of benzene rings is 2. The lowest BCUT2D eigenvalue weighted by atomic mass is 10.1. The van der Waals surface area contributed by atoms with E-state index in [1.54, 1.807) is 18.5 Å². The molecule has 3 nitrogen and oxygen atoms in total. The van der Waals surface area contributed by atoms with Gasteiger partial charge in [-0.25, -0.2) is 4.98 Å². The van der Waals surface area contributed by atoms with E-state index in [0.29, 0.717) is 5.56 Å². The SMILES string of the molecule is O=c1cccc2ncn(-c3ccccc3)cc1-2. The van der Waals surface area contributed by atoms with Gasteiger partial charge in [0.1, 0.15) is 0 Å². The van der Waals surface area contributed by atoms with E-state index in [2.05, 4.69) is 4.98 Å². The minimum Gasteiger partial charge on any atom is -0.307 e. The Bertz CT molecular complexity index is 673. The predicted molar refractivity (Wildman–Crippen MR) is 66.5 cm³/mol. The van der Waals surface area contributed by atoms with Gasteiger partial charge >= 0.3 is 0 Å². The second-order valence-corrected chi connectivity index (χ2v) is 3.81. The van der Waals surface area contributed by atoms with Crippen LogP contribution in [-0.4, -0.2) is 9.55 Å². The molecule has 17 heavy (non-hydrogen) atoms. The van der Waals surface area contributed by atoms with E-state index in [0.717, 1.165) is 11.4 Å². The van der Waals surface area contributed by atoms with Crippen LogP contribution in [0.15, 0.2) is 65.8 Å². The Kier molecular flexibility index (Phi) is 2.22. The maximum atomic E-state index is 11.7. The summed E-state index contributed by atoms with van der Waals surface area (Å²) in [7, 11) is 0. The fourth-order valence-corrected chi connectivity index (χ4v) is 1.81. The second-order valence-electron chi connectivity index (χ2n) is 3.81. The van der Waals surface area contributed by atoms with Gasteiger partial charge in [-0.1, -0.05) is 24.3 Å². The molecule has 0 saturated carbocycles. The minimum atomic E-state index is 0.000260. The van der Waals surface area contributed by atoms with Crippen molar-refractivity contribution in [2.75, 3.05) is 0 Å². The van der Waals surface area contributed by atoms with Crippen LogP contribution in [0, 0.1) is 0 Å². The molecule has 0 fully saturated rings. The van der Waals surface area contributed by atoms with Gasteiger partial charge in [-0.05, 0) is 24.3 Å². The molecule has 1 aromatic carbocycles. The van der Waals surface area contributed by atoms with Gasteiger partial charge < -0.3 is 4.57 Å². The molecule has 1 aliphatic heterocycles. The van der Waals surface area contributed by atoms with Gasteiger partial charge in [-0.3, -0.25) is 4.79 Å². The van der Waals surface area contributed by atoms with Crippen LogP contribution in [0.4, 0.5) is 0 Å². The fourth-order valence-electron chi connectivity index (χ4n) is 1.81. The van der Waals surface area contributed by atoms with E-state index >= 15 is 0 Å². The zero-order chi connectivity index (χ0) is 11.7. The number of hydrogen-bond acceptors (Lipinski definition) is 2. The molecule has 0 radical (unpaired) electrons. The summed E-state index contributed by atoms with van der Waals surface area (Å²) in [5.74, 6) is 0. The summed E-state index contributed by atoms with van der Waals surface area (Å²) in [5, 5.41) is 0. The molecule has 0 unspecified atom stereocenters. The minimum absolute atomic E-state index is 0.000260. The normalized spacial score (nSPS) is 10.6. The van der Waals surface area contributed by atoms with E-state index in [1.165, 1.54) is 0 Å². The van der Waals surface area contributed by atoms with E-state index in [1.807, 2.05) is 47.2 Å². The molecule has 3 rings (SSSR count). The molecule has 0 atom stereocenters. The van der Waals surface area contributed by atoms with Gasteiger partial charge in [0.05, 0.1) is 17.6 Å². The average Bonchev–Trinajstić information content (AvgIpc) is 2.40. The van der Waals surface area contributed by atoms with E-state index < -0.39 is 0 Å². The van der Waals surface area contributed by atoms with Crippen LogP contribution < -0.4 is 5.43 Å². The molecule has 1 heterocycles. The topological polar surface area (TPSA) is 34.9 Å². The summed E-state index contributed by atoms with van der Waals surface area (Å²) in [6, 6.07) is 14.9. The lowest BCUT2D eigenvalue weighted by Crippen LogP contribution is -2.08. The lowest BCUT2D eigenvalue weighted by Gasteiger charge is -2.09. The Labute approximate surface area is 98.3 Å². The van der Waals surface area contributed by atoms with Gasteiger partial charge in [0.2, 0.25) is 0 Å². The standard InChI is InChI=1S/C14H10N2O/c17-14-8-4-7-13-12(14)9-16(10-15-13)11-5-2-1-3-6-11/h1-10H. The molecule has 0 amide bonds. The Balaban J connectivity index is 2.25. The van der Waals surface area contributed by atoms with Gasteiger partial charge in [-0.2, -0.15) is 0 Å². The number of fused-ring (bicyclic) bond motifs is 1. The Morgan fingerprint density at radius 1 is 0.941 bits per heavy atom. The van der Waals surface area contributed by atoms with Gasteiger partial charge in [0, 0.05) is 11.9 Å². The van der Waals surface area contributed by atoms with Crippen molar-refractivity contribution in [3.63, 3.8) is 0 Å². The van der Waals surface area contributed by atoms with Crippen molar-refractivity contribution in [2.24, 2.45) is 0 Å². The molecular formula is C14H10N2O. The first-order valence-corrected chi connectivity index (χ1v) is 5.37. The predicted octanol–water partition coefficient (Wildman–Crippen LogP) is 2.34. The third kappa shape index (κ3) is 1.72. The quantitative estimate of drug-likeness (QED) is 0.633. The first-order valence-electron chi connectivity index (χ1n) is 5.37. The molecule has 2 aliphatic rings. The third-order valence-electron chi connectivity index (χ3n) is 2.69. The van der Waals surface area contributed by atoms with Crippen LogP contribution in [0.25, 0.3) is 16.9 Å². The Morgan fingerprint density at radius 2 is 1.76 bits per heavy atom. The lowest BCUT2D eigenvalue weighted by molar-refractivity contribution is 0.981. The highest BCUT2D eigenvalue weighted by molar-refractivity contribution is 5.59. The molecule has 0 saturated heterocycles. The van der Waals surface area contributed by atoms with Crippen molar-refractivity contribution in [1.29, 1.82) is 0 Å².